The summed E-state index contributed by atoms with van der Waals surface area (Å²) in [4.78, 5) is 10.2. The predicted octanol–water partition coefficient (Wildman–Crippen LogP) is 2.06. The van der Waals surface area contributed by atoms with E-state index in [1.54, 1.807) is 18.2 Å². The number of carbonyl (C=O) groups excluding carboxylic acids is 1. The molecule has 1 rings (SSSR count). The molecule has 0 aliphatic rings. The van der Waals surface area contributed by atoms with Gasteiger partial charge in [0.15, 0.2) is 0 Å². The molecule has 0 heterocycles. The van der Waals surface area contributed by atoms with Crippen molar-refractivity contribution in [1.82, 2.24) is 0 Å². The summed E-state index contributed by atoms with van der Waals surface area (Å²) in [6.07, 6.45) is 1.16. The zero-order valence-corrected chi connectivity index (χ0v) is 7.84. The molecule has 0 bridgehead atoms. The number of carbonyl (C=O) groups is 1. The lowest BCUT2D eigenvalue weighted by Crippen LogP contribution is -1.88. The SMILES string of the molecule is N#Cc1ccc(Br)c(CC=O)c1. The molecule has 0 aromatic heterocycles. The van der Waals surface area contributed by atoms with Crippen LogP contribution in [0.5, 0.6) is 0 Å². The number of hydrogen-bond donors (Lipinski definition) is 0. The Morgan fingerprint density at radius 3 is 2.92 bits per heavy atom. The maximum Gasteiger partial charge on any atom is 0.124 e. The first-order chi connectivity index (χ1) is 5.77. The molecule has 0 radical (unpaired) electrons. The van der Waals surface area contributed by atoms with Gasteiger partial charge >= 0.3 is 0 Å². The highest BCUT2D eigenvalue weighted by molar-refractivity contribution is 9.10. The van der Waals surface area contributed by atoms with Crippen LogP contribution in [0.4, 0.5) is 0 Å². The fourth-order valence-corrected chi connectivity index (χ4v) is 1.30. The second-order valence-electron chi connectivity index (χ2n) is 2.29. The van der Waals surface area contributed by atoms with Crippen molar-refractivity contribution in [3.8, 4) is 6.07 Å². The molecule has 0 N–H and O–H groups in total. The van der Waals surface area contributed by atoms with Crippen LogP contribution in [0.2, 0.25) is 0 Å². The van der Waals surface area contributed by atoms with Crippen molar-refractivity contribution in [1.29, 1.82) is 5.26 Å². The first-order valence-corrected chi connectivity index (χ1v) is 4.19. The molecule has 0 saturated carbocycles. The lowest BCUT2D eigenvalue weighted by Gasteiger charge is -1.98. The normalized spacial score (nSPS) is 9.00. The average molecular weight is 224 g/mol. The largest absolute Gasteiger partial charge is 0.303 e. The van der Waals surface area contributed by atoms with E-state index >= 15 is 0 Å². The monoisotopic (exact) mass is 223 g/mol. The quantitative estimate of drug-likeness (QED) is 0.721. The number of hydrogen-bond acceptors (Lipinski definition) is 2. The molecule has 3 heteroatoms. The van der Waals surface area contributed by atoms with Crippen LogP contribution < -0.4 is 0 Å². The van der Waals surface area contributed by atoms with Gasteiger partial charge < -0.3 is 4.79 Å². The number of benzene rings is 1. The molecule has 0 atom stereocenters. The van der Waals surface area contributed by atoms with Gasteiger partial charge in [0.25, 0.3) is 0 Å². The zero-order valence-electron chi connectivity index (χ0n) is 6.25. The van der Waals surface area contributed by atoms with Crippen LogP contribution in [-0.4, -0.2) is 6.29 Å². The van der Waals surface area contributed by atoms with E-state index < -0.39 is 0 Å². The highest BCUT2D eigenvalue weighted by atomic mass is 79.9. The summed E-state index contributed by atoms with van der Waals surface area (Å²) < 4.78 is 0.869. The summed E-state index contributed by atoms with van der Waals surface area (Å²) in [5, 5.41) is 8.57. The van der Waals surface area contributed by atoms with Crippen LogP contribution in [0.1, 0.15) is 11.1 Å². The van der Waals surface area contributed by atoms with Crippen LogP contribution in [0.15, 0.2) is 22.7 Å². The number of aldehydes is 1. The second kappa shape index (κ2) is 4.03. The summed E-state index contributed by atoms with van der Waals surface area (Å²) in [7, 11) is 0. The first kappa shape index (κ1) is 8.95. The van der Waals surface area contributed by atoms with E-state index in [-0.39, 0.29) is 0 Å². The highest BCUT2D eigenvalue weighted by Gasteiger charge is 1.99. The average Bonchev–Trinajstić information content (AvgIpc) is 2.09. The van der Waals surface area contributed by atoms with Gasteiger partial charge in [-0.2, -0.15) is 5.26 Å². The minimum atomic E-state index is 0.343. The first-order valence-electron chi connectivity index (χ1n) is 3.40. The molecule has 0 aliphatic carbocycles. The molecule has 12 heavy (non-hydrogen) atoms. The van der Waals surface area contributed by atoms with Gasteiger partial charge in [-0.15, -0.1) is 0 Å². The molecular formula is C9H6BrNO. The molecule has 1 aromatic carbocycles. The van der Waals surface area contributed by atoms with Crippen molar-refractivity contribution >= 4 is 22.2 Å². The van der Waals surface area contributed by atoms with E-state index in [1.807, 2.05) is 6.07 Å². The molecule has 1 aromatic rings. The van der Waals surface area contributed by atoms with Gasteiger partial charge in [-0.1, -0.05) is 15.9 Å². The van der Waals surface area contributed by atoms with Gasteiger partial charge in [0.05, 0.1) is 11.6 Å². The molecule has 0 saturated heterocycles. The van der Waals surface area contributed by atoms with E-state index in [0.29, 0.717) is 12.0 Å². The van der Waals surface area contributed by atoms with Crippen molar-refractivity contribution in [2.45, 2.75) is 6.42 Å². The van der Waals surface area contributed by atoms with E-state index in [0.717, 1.165) is 16.3 Å². The Kier molecular flexibility index (Phi) is 3.01. The Balaban J connectivity index is 3.09. The molecule has 0 spiro atoms. The van der Waals surface area contributed by atoms with Gasteiger partial charge in [-0.05, 0) is 23.8 Å². The van der Waals surface area contributed by atoms with Crippen LogP contribution in [-0.2, 0) is 11.2 Å². The molecular weight excluding hydrogens is 218 g/mol. The Morgan fingerprint density at radius 2 is 2.33 bits per heavy atom. The number of rotatable bonds is 2. The maximum atomic E-state index is 10.2. The third-order valence-corrected chi connectivity index (χ3v) is 2.25. The lowest BCUT2D eigenvalue weighted by atomic mass is 10.1. The minimum absolute atomic E-state index is 0.343. The smallest absolute Gasteiger partial charge is 0.124 e. The number of halogens is 1. The summed E-state index contributed by atoms with van der Waals surface area (Å²) in [6.45, 7) is 0. The van der Waals surface area contributed by atoms with Gasteiger partial charge in [0.1, 0.15) is 6.29 Å². The van der Waals surface area contributed by atoms with Crippen LogP contribution >= 0.6 is 15.9 Å². The van der Waals surface area contributed by atoms with E-state index in [9.17, 15) is 4.79 Å². The molecule has 0 fully saturated rings. The number of nitriles is 1. The van der Waals surface area contributed by atoms with Gasteiger partial charge in [-0.3, -0.25) is 0 Å². The van der Waals surface area contributed by atoms with E-state index in [2.05, 4.69) is 15.9 Å². The molecule has 0 amide bonds. The Morgan fingerprint density at radius 1 is 1.58 bits per heavy atom. The summed E-state index contributed by atoms with van der Waals surface area (Å²) >= 11 is 3.29. The lowest BCUT2D eigenvalue weighted by molar-refractivity contribution is -0.107. The van der Waals surface area contributed by atoms with Crippen molar-refractivity contribution in [3.63, 3.8) is 0 Å². The number of nitrogens with zero attached hydrogens (tertiary/aromatic N) is 1. The zero-order chi connectivity index (χ0) is 8.97. The topological polar surface area (TPSA) is 40.9 Å². The third-order valence-electron chi connectivity index (χ3n) is 1.48. The van der Waals surface area contributed by atoms with Gasteiger partial charge in [0, 0.05) is 10.9 Å². The highest BCUT2D eigenvalue weighted by Crippen LogP contribution is 2.17. The summed E-state index contributed by atoms with van der Waals surface area (Å²) in [5.74, 6) is 0. The maximum absolute atomic E-state index is 10.2. The van der Waals surface area contributed by atoms with Crippen molar-refractivity contribution in [3.05, 3.63) is 33.8 Å². The molecule has 60 valence electrons. The van der Waals surface area contributed by atoms with Crippen LogP contribution in [0, 0.1) is 11.3 Å². The summed E-state index contributed by atoms with van der Waals surface area (Å²) in [5.41, 5.74) is 1.43. The Labute approximate surface area is 78.9 Å². The van der Waals surface area contributed by atoms with E-state index in [1.165, 1.54) is 0 Å². The molecule has 2 nitrogen and oxygen atoms in total. The fraction of sp³-hybridized carbons (Fsp3) is 0.111. The standard InChI is InChI=1S/C9H6BrNO/c10-9-2-1-7(6-11)5-8(9)3-4-12/h1-2,4-5H,3H2. The second-order valence-corrected chi connectivity index (χ2v) is 3.14. The van der Waals surface area contributed by atoms with Gasteiger partial charge in [-0.25, -0.2) is 0 Å². The summed E-state index contributed by atoms with van der Waals surface area (Å²) in [6, 6.07) is 7.20. The van der Waals surface area contributed by atoms with Crippen molar-refractivity contribution in [2.75, 3.05) is 0 Å². The van der Waals surface area contributed by atoms with Crippen LogP contribution in [0.3, 0.4) is 0 Å². The fourth-order valence-electron chi connectivity index (χ4n) is 0.890. The Bertz CT molecular complexity index is 341. The van der Waals surface area contributed by atoms with Crippen molar-refractivity contribution in [2.24, 2.45) is 0 Å². The van der Waals surface area contributed by atoms with Gasteiger partial charge in [0.2, 0.25) is 0 Å². The Hall–Kier alpha value is -1.14. The van der Waals surface area contributed by atoms with E-state index in [4.69, 9.17) is 5.26 Å². The minimum Gasteiger partial charge on any atom is -0.303 e. The van der Waals surface area contributed by atoms with Crippen molar-refractivity contribution < 1.29 is 4.79 Å². The van der Waals surface area contributed by atoms with Crippen LogP contribution in [0.25, 0.3) is 0 Å². The molecule has 0 aliphatic heterocycles. The predicted molar refractivity (Wildman–Crippen MR) is 48.6 cm³/mol. The molecule has 0 unspecified atom stereocenters. The third kappa shape index (κ3) is 1.93.